The smallest absolute Gasteiger partial charge is 0.339 e. The minimum Gasteiger partial charge on any atom is -0.456 e. The van der Waals surface area contributed by atoms with E-state index < -0.39 is 41.6 Å². The monoisotopic (exact) mass is 456 g/mol. The second kappa shape index (κ2) is 7.29. The molecule has 174 valence electrons. The van der Waals surface area contributed by atoms with Crippen LogP contribution < -0.4 is 10.6 Å². The summed E-state index contributed by atoms with van der Waals surface area (Å²) < 4.78 is 19.8. The number of hydrogen-bond acceptors (Lipinski definition) is 8. The Morgan fingerprint density at radius 1 is 1.42 bits per heavy atom. The van der Waals surface area contributed by atoms with E-state index in [-0.39, 0.29) is 30.5 Å². The first kappa shape index (κ1) is 21.4. The van der Waals surface area contributed by atoms with Crippen molar-refractivity contribution in [1.29, 1.82) is 5.41 Å². The lowest BCUT2D eigenvalue weighted by Gasteiger charge is -2.51. The molecule has 11 heteroatoms. The molecule has 0 radical (unpaired) electrons. The van der Waals surface area contributed by atoms with Crippen LogP contribution >= 0.6 is 0 Å². The third-order valence-electron chi connectivity index (χ3n) is 6.97. The number of halogens is 1. The minimum atomic E-state index is -1.18. The summed E-state index contributed by atoms with van der Waals surface area (Å²) in [6.07, 6.45) is -0.709. The number of aryl methyl sites for hydroxylation is 1. The first-order chi connectivity index (χ1) is 15.7. The van der Waals surface area contributed by atoms with Crippen LogP contribution in [0.25, 0.3) is 10.9 Å². The van der Waals surface area contributed by atoms with Crippen molar-refractivity contribution in [3.05, 3.63) is 53.7 Å². The summed E-state index contributed by atoms with van der Waals surface area (Å²) in [5.74, 6) is -1.39. The second-order valence-corrected chi connectivity index (χ2v) is 8.76. The number of aliphatic hydroxyl groups excluding tert-OH is 1. The molecule has 10 nitrogen and oxygen atoms in total. The summed E-state index contributed by atoms with van der Waals surface area (Å²) in [4.78, 5) is 19.2. The van der Waals surface area contributed by atoms with Gasteiger partial charge in [-0.25, -0.2) is 14.2 Å². The van der Waals surface area contributed by atoms with Crippen molar-refractivity contribution >= 4 is 22.8 Å². The number of aromatic nitrogens is 1. The van der Waals surface area contributed by atoms with Gasteiger partial charge >= 0.3 is 5.97 Å². The van der Waals surface area contributed by atoms with Crippen LogP contribution in [0.5, 0.6) is 0 Å². The van der Waals surface area contributed by atoms with Gasteiger partial charge < -0.3 is 25.4 Å². The maximum absolute atomic E-state index is 13.9. The molecule has 3 unspecified atom stereocenters. The van der Waals surface area contributed by atoms with Crippen molar-refractivity contribution in [2.45, 2.75) is 37.7 Å². The normalized spacial score (nSPS) is 30.7. The second-order valence-electron chi connectivity index (χ2n) is 8.76. The quantitative estimate of drug-likeness (QED) is 0.427. The molecule has 33 heavy (non-hydrogen) atoms. The number of carbonyl (C=O) groups excluding carboxylic acids is 1. The summed E-state index contributed by atoms with van der Waals surface area (Å²) in [6, 6.07) is 4.52. The zero-order valence-corrected chi connectivity index (χ0v) is 18.2. The van der Waals surface area contributed by atoms with E-state index in [1.54, 1.807) is 17.9 Å². The summed E-state index contributed by atoms with van der Waals surface area (Å²) in [5, 5.41) is 36.6. The number of pyridine rings is 1. The molecule has 3 aliphatic heterocycles. The van der Waals surface area contributed by atoms with Crippen LogP contribution in [0.3, 0.4) is 0 Å². The fraction of sp³-hybridized carbons (Fsp3) is 0.409. The van der Waals surface area contributed by atoms with E-state index in [1.165, 1.54) is 18.2 Å². The molecule has 2 aromatic rings. The molecule has 0 saturated carbocycles. The number of carbonyl (C=O) groups is 1. The number of benzene rings is 1. The number of guanidine groups is 1. The molecule has 1 spiro atoms. The van der Waals surface area contributed by atoms with E-state index >= 15 is 0 Å². The molecule has 0 amide bonds. The Labute approximate surface area is 189 Å². The van der Waals surface area contributed by atoms with Crippen LogP contribution in [0.1, 0.15) is 23.0 Å². The van der Waals surface area contributed by atoms with Gasteiger partial charge in [0.15, 0.2) is 11.6 Å². The predicted molar refractivity (Wildman–Crippen MR) is 116 cm³/mol. The van der Waals surface area contributed by atoms with E-state index in [1.807, 2.05) is 6.92 Å². The molecular formula is C22H25FN6O4. The third-order valence-corrected chi connectivity index (χ3v) is 6.97. The van der Waals surface area contributed by atoms with Gasteiger partial charge in [0.05, 0.1) is 36.3 Å². The zero-order chi connectivity index (χ0) is 23.7. The highest BCUT2D eigenvalue weighted by Gasteiger charge is 2.69. The van der Waals surface area contributed by atoms with Crippen LogP contribution in [0, 0.1) is 24.1 Å². The largest absolute Gasteiger partial charge is 0.456 e. The fourth-order valence-corrected chi connectivity index (χ4v) is 5.45. The molecule has 1 aromatic heterocycles. The topological polar surface area (TPSA) is 134 Å². The van der Waals surface area contributed by atoms with Crippen LogP contribution in [-0.2, 0) is 4.74 Å². The zero-order valence-electron chi connectivity index (χ0n) is 18.2. The molecule has 5 rings (SSSR count). The molecular weight excluding hydrogens is 431 g/mol. The van der Waals surface area contributed by atoms with Gasteiger partial charge in [0, 0.05) is 17.0 Å². The Balaban J connectivity index is 1.51. The lowest BCUT2D eigenvalue weighted by molar-refractivity contribution is -0.190. The fourth-order valence-electron chi connectivity index (χ4n) is 5.45. The lowest BCUT2D eigenvalue weighted by Crippen LogP contribution is -2.75. The summed E-state index contributed by atoms with van der Waals surface area (Å²) in [5.41, 5.74) is 0.0826. The Morgan fingerprint density at radius 2 is 2.18 bits per heavy atom. The maximum atomic E-state index is 13.9. The van der Waals surface area contributed by atoms with Crippen molar-refractivity contribution in [3.8, 4) is 0 Å². The Hall–Kier alpha value is -3.44. The van der Waals surface area contributed by atoms with Crippen LogP contribution in [-0.4, -0.2) is 74.2 Å². The number of nitrogens with zero attached hydrogens (tertiary/aromatic N) is 3. The number of fused-ring (bicyclic) bond motifs is 1. The molecule has 5 atom stereocenters. The first-order valence-corrected chi connectivity index (χ1v) is 10.6. The predicted octanol–water partition coefficient (Wildman–Crippen LogP) is 0.889. The van der Waals surface area contributed by atoms with Crippen LogP contribution in [0.4, 0.5) is 4.39 Å². The van der Waals surface area contributed by atoms with Gasteiger partial charge in [0.1, 0.15) is 17.7 Å². The lowest BCUT2D eigenvalue weighted by atomic mass is 9.82. The van der Waals surface area contributed by atoms with Crippen molar-refractivity contribution in [2.75, 3.05) is 13.2 Å². The molecule has 0 aliphatic carbocycles. The highest BCUT2D eigenvalue weighted by molar-refractivity contribution is 6.03. The SMILES string of the molecule is C=C1NC2[C@H](CO)NC(=N)N3C[C@H](OC(=O)c4cc(C)nc5ccc(F)cc45)C(C)C23N1O. The van der Waals surface area contributed by atoms with E-state index in [0.717, 1.165) is 5.06 Å². The van der Waals surface area contributed by atoms with E-state index in [4.69, 9.17) is 10.1 Å². The van der Waals surface area contributed by atoms with Gasteiger partial charge in [-0.2, -0.15) is 0 Å². The van der Waals surface area contributed by atoms with E-state index in [9.17, 15) is 19.5 Å². The Kier molecular flexibility index (Phi) is 4.73. The van der Waals surface area contributed by atoms with Gasteiger partial charge in [-0.05, 0) is 31.2 Å². The highest BCUT2D eigenvalue weighted by Crippen LogP contribution is 2.48. The maximum Gasteiger partial charge on any atom is 0.339 e. The number of esters is 1. The first-order valence-electron chi connectivity index (χ1n) is 10.6. The van der Waals surface area contributed by atoms with Crippen molar-refractivity contribution < 1.29 is 24.2 Å². The number of nitrogens with one attached hydrogen (secondary N) is 3. The summed E-state index contributed by atoms with van der Waals surface area (Å²) in [6.45, 7) is 7.25. The number of hydrogen-bond donors (Lipinski definition) is 5. The van der Waals surface area contributed by atoms with Gasteiger partial charge in [0.25, 0.3) is 0 Å². The summed E-state index contributed by atoms with van der Waals surface area (Å²) in [7, 11) is 0. The molecule has 3 fully saturated rings. The van der Waals surface area contributed by atoms with E-state index in [0.29, 0.717) is 16.6 Å². The number of ether oxygens (including phenoxy) is 1. The Morgan fingerprint density at radius 3 is 2.91 bits per heavy atom. The Bertz CT molecular complexity index is 1190. The van der Waals surface area contributed by atoms with Gasteiger partial charge in [0.2, 0.25) is 0 Å². The third kappa shape index (κ3) is 2.89. The van der Waals surface area contributed by atoms with Gasteiger partial charge in [-0.15, -0.1) is 0 Å². The average molecular weight is 456 g/mol. The standard InChI is InChI=1S/C22H25FN6O4/c1-10-6-15(14-7-13(23)4-5-16(14)25-10)20(31)33-18-8-28-21(24)27-17(9-30)19-22(28,11(18)2)29(32)12(3)26-19/h4-7,11,17-19,26,30,32H,3,8-9H2,1-2H3,(H2,24,27)/t11?,17-,18-,19?,22?/m0/s1. The molecule has 0 bridgehead atoms. The highest BCUT2D eigenvalue weighted by atomic mass is 19.1. The molecule has 1 aromatic carbocycles. The minimum absolute atomic E-state index is 0.00137. The summed E-state index contributed by atoms with van der Waals surface area (Å²) >= 11 is 0. The molecule has 5 N–H and O–H groups in total. The number of hydroxylamine groups is 2. The molecule has 3 aliphatic rings. The molecule has 4 heterocycles. The van der Waals surface area contributed by atoms with Crippen molar-refractivity contribution in [2.24, 2.45) is 5.92 Å². The molecule has 3 saturated heterocycles. The average Bonchev–Trinajstić information content (AvgIpc) is 3.22. The van der Waals surface area contributed by atoms with Crippen LogP contribution in [0.15, 0.2) is 36.7 Å². The van der Waals surface area contributed by atoms with E-state index in [2.05, 4.69) is 22.2 Å². The van der Waals surface area contributed by atoms with Crippen LogP contribution in [0.2, 0.25) is 0 Å². The van der Waals surface area contributed by atoms with Crippen molar-refractivity contribution in [3.63, 3.8) is 0 Å². The van der Waals surface area contributed by atoms with Gasteiger partial charge in [-0.1, -0.05) is 13.5 Å². The van der Waals surface area contributed by atoms with Gasteiger partial charge in [-0.3, -0.25) is 15.6 Å². The van der Waals surface area contributed by atoms with Crippen molar-refractivity contribution in [1.82, 2.24) is 25.6 Å². The number of rotatable bonds is 3. The number of aliphatic hydroxyl groups is 1.